The molecule has 2 aromatic rings. The Bertz CT molecular complexity index is 936. The lowest BCUT2D eigenvalue weighted by molar-refractivity contribution is -0.145. The number of methoxy groups -OCH3 is 1. The van der Waals surface area contributed by atoms with Crippen LogP contribution in [-0.2, 0) is 20.7 Å². The van der Waals surface area contributed by atoms with E-state index in [0.29, 0.717) is 19.1 Å². The Balaban J connectivity index is 1.47. The number of hydrogen-bond acceptors (Lipinski definition) is 5. The largest absolute Gasteiger partial charge is 0.491 e. The molecule has 4 rings (SSSR count). The first-order valence-corrected chi connectivity index (χ1v) is 12.2. The van der Waals surface area contributed by atoms with Crippen molar-refractivity contribution in [1.29, 1.82) is 0 Å². The molecular weight excluding hydrogens is 424 g/mol. The Kier molecular flexibility index (Phi) is 7.16. The summed E-state index contributed by atoms with van der Waals surface area (Å²) in [6.45, 7) is 5.49. The molecule has 0 unspecified atom stereocenters. The summed E-state index contributed by atoms with van der Waals surface area (Å²) in [5, 5.41) is 2.09. The van der Waals surface area contributed by atoms with Crippen molar-refractivity contribution >= 4 is 23.2 Å². The fourth-order valence-electron chi connectivity index (χ4n) is 4.25. The van der Waals surface area contributed by atoms with Crippen molar-refractivity contribution < 1.29 is 19.1 Å². The van der Waals surface area contributed by atoms with E-state index >= 15 is 0 Å². The summed E-state index contributed by atoms with van der Waals surface area (Å²) in [5.41, 5.74) is 2.43. The van der Waals surface area contributed by atoms with Crippen LogP contribution < -0.4 is 4.74 Å². The highest BCUT2D eigenvalue weighted by Crippen LogP contribution is 2.35. The van der Waals surface area contributed by atoms with Crippen LogP contribution in [0.4, 0.5) is 0 Å². The summed E-state index contributed by atoms with van der Waals surface area (Å²) in [6, 6.07) is 10.3. The molecule has 1 fully saturated rings. The predicted molar refractivity (Wildman–Crippen MR) is 125 cm³/mol. The van der Waals surface area contributed by atoms with Gasteiger partial charge >= 0.3 is 0 Å². The van der Waals surface area contributed by atoms with E-state index in [4.69, 9.17) is 9.47 Å². The molecule has 2 aliphatic rings. The number of hydrogen-bond donors (Lipinski definition) is 0. The second-order valence-corrected chi connectivity index (χ2v) is 9.87. The molecule has 0 N–H and O–H groups in total. The van der Waals surface area contributed by atoms with Crippen molar-refractivity contribution in [3.63, 3.8) is 0 Å². The third kappa shape index (κ3) is 5.15. The smallest absolute Gasteiger partial charge is 0.249 e. The lowest BCUT2D eigenvalue weighted by Crippen LogP contribution is -2.49. The minimum Gasteiger partial charge on any atom is -0.491 e. The summed E-state index contributed by atoms with van der Waals surface area (Å²) in [7, 11) is 1.51. The van der Waals surface area contributed by atoms with Crippen LogP contribution in [0.15, 0.2) is 35.7 Å². The SMILES string of the molecule is COCC(=O)N(CC(=O)N1CCc2sccc2[C@H]1COc1ccc(C(C)C)cc1)C1CC1. The average molecular weight is 457 g/mol. The topological polar surface area (TPSA) is 59.1 Å². The molecule has 1 atom stereocenters. The van der Waals surface area contributed by atoms with Gasteiger partial charge in [-0.15, -0.1) is 11.3 Å². The standard InChI is InChI=1S/C25H32N2O4S/c1-17(2)18-4-8-20(9-5-18)31-15-22-21-11-13-32-23(21)10-12-26(22)24(28)14-27(19-6-7-19)25(29)16-30-3/h4-5,8-9,11,13,17,19,22H,6-7,10,12,14-16H2,1-3H3/t22-/m1/s1. The van der Waals surface area contributed by atoms with Crippen LogP contribution in [0.25, 0.3) is 0 Å². The normalized spacial score (nSPS) is 17.9. The first-order chi connectivity index (χ1) is 15.5. The van der Waals surface area contributed by atoms with Gasteiger partial charge < -0.3 is 19.3 Å². The molecule has 1 aromatic heterocycles. The van der Waals surface area contributed by atoms with Gasteiger partial charge in [0.15, 0.2) is 0 Å². The van der Waals surface area contributed by atoms with Crippen LogP contribution in [-0.4, -0.2) is 61.1 Å². The fraction of sp³-hybridized carbons (Fsp3) is 0.520. The molecule has 172 valence electrons. The molecule has 6 nitrogen and oxygen atoms in total. The molecule has 2 heterocycles. The predicted octanol–water partition coefficient (Wildman–Crippen LogP) is 4.01. The third-order valence-corrected chi connectivity index (χ3v) is 7.25. The maximum absolute atomic E-state index is 13.4. The van der Waals surface area contributed by atoms with E-state index < -0.39 is 0 Å². The van der Waals surface area contributed by atoms with E-state index in [9.17, 15) is 9.59 Å². The van der Waals surface area contributed by atoms with E-state index in [1.807, 2.05) is 17.0 Å². The molecule has 2 amide bonds. The molecule has 1 aliphatic carbocycles. The highest BCUT2D eigenvalue weighted by Gasteiger charge is 2.37. The molecule has 0 saturated heterocycles. The van der Waals surface area contributed by atoms with Crippen molar-refractivity contribution in [2.45, 2.75) is 51.1 Å². The summed E-state index contributed by atoms with van der Waals surface area (Å²) < 4.78 is 11.2. The number of rotatable bonds is 9. The minimum atomic E-state index is -0.152. The zero-order valence-corrected chi connectivity index (χ0v) is 19.9. The quantitative estimate of drug-likeness (QED) is 0.572. The van der Waals surface area contributed by atoms with Gasteiger partial charge in [0.25, 0.3) is 0 Å². The van der Waals surface area contributed by atoms with Gasteiger partial charge in [-0.05, 0) is 59.9 Å². The number of carbonyl (C=O) groups excluding carboxylic acids is 2. The van der Waals surface area contributed by atoms with Crippen molar-refractivity contribution in [3.05, 3.63) is 51.7 Å². The summed E-state index contributed by atoms with van der Waals surface area (Å²) in [6.07, 6.45) is 2.75. The number of nitrogens with zero attached hydrogens (tertiary/aromatic N) is 2. The van der Waals surface area contributed by atoms with Gasteiger partial charge in [-0.3, -0.25) is 9.59 Å². The molecular formula is C25H32N2O4S. The molecule has 7 heteroatoms. The van der Waals surface area contributed by atoms with Gasteiger partial charge in [0.1, 0.15) is 25.5 Å². The van der Waals surface area contributed by atoms with Gasteiger partial charge in [0, 0.05) is 24.6 Å². The number of ether oxygens (including phenoxy) is 2. The number of fused-ring (bicyclic) bond motifs is 1. The third-order valence-electron chi connectivity index (χ3n) is 6.25. The zero-order chi connectivity index (χ0) is 22.7. The van der Waals surface area contributed by atoms with E-state index in [2.05, 4.69) is 37.4 Å². The van der Waals surface area contributed by atoms with Gasteiger partial charge in [-0.2, -0.15) is 0 Å². The minimum absolute atomic E-state index is 0.0113. The monoisotopic (exact) mass is 456 g/mol. The average Bonchev–Trinajstić information content (AvgIpc) is 3.51. The van der Waals surface area contributed by atoms with E-state index in [1.54, 1.807) is 16.2 Å². The van der Waals surface area contributed by atoms with Crippen molar-refractivity contribution in [1.82, 2.24) is 9.80 Å². The summed E-state index contributed by atoms with van der Waals surface area (Å²) in [5.74, 6) is 1.13. The molecule has 0 spiro atoms. The molecule has 0 bridgehead atoms. The van der Waals surface area contributed by atoms with Gasteiger partial charge in [-0.1, -0.05) is 26.0 Å². The number of benzene rings is 1. The molecule has 0 radical (unpaired) electrons. The van der Waals surface area contributed by atoms with Crippen molar-refractivity contribution in [2.24, 2.45) is 0 Å². The van der Waals surface area contributed by atoms with Crippen LogP contribution in [0.2, 0.25) is 0 Å². The van der Waals surface area contributed by atoms with Crippen LogP contribution in [0.1, 0.15) is 54.7 Å². The summed E-state index contributed by atoms with van der Waals surface area (Å²) in [4.78, 5) is 30.7. The van der Waals surface area contributed by atoms with Gasteiger partial charge in [0.05, 0.1) is 6.04 Å². The molecule has 1 aromatic carbocycles. The van der Waals surface area contributed by atoms with Crippen molar-refractivity contribution in [2.75, 3.05) is 33.4 Å². The first-order valence-electron chi connectivity index (χ1n) is 11.3. The highest BCUT2D eigenvalue weighted by atomic mass is 32.1. The molecule has 1 saturated carbocycles. The Labute approximate surface area is 194 Å². The maximum atomic E-state index is 13.4. The summed E-state index contributed by atoms with van der Waals surface area (Å²) >= 11 is 1.74. The number of carbonyl (C=O) groups is 2. The zero-order valence-electron chi connectivity index (χ0n) is 19.1. The second kappa shape index (κ2) is 10.0. The van der Waals surface area contributed by atoms with E-state index in [-0.39, 0.29) is 37.0 Å². The van der Waals surface area contributed by atoms with Gasteiger partial charge in [0.2, 0.25) is 11.8 Å². The van der Waals surface area contributed by atoms with Gasteiger partial charge in [-0.25, -0.2) is 0 Å². The highest BCUT2D eigenvalue weighted by molar-refractivity contribution is 7.10. The van der Waals surface area contributed by atoms with Crippen LogP contribution in [0, 0.1) is 0 Å². The Morgan fingerprint density at radius 3 is 2.59 bits per heavy atom. The maximum Gasteiger partial charge on any atom is 0.249 e. The van der Waals surface area contributed by atoms with E-state index in [0.717, 1.165) is 30.6 Å². The Hall–Kier alpha value is -2.38. The lowest BCUT2D eigenvalue weighted by atomic mass is 10.00. The van der Waals surface area contributed by atoms with E-state index in [1.165, 1.54) is 17.6 Å². The Morgan fingerprint density at radius 2 is 1.94 bits per heavy atom. The number of amides is 2. The second-order valence-electron chi connectivity index (χ2n) is 8.87. The van der Waals surface area contributed by atoms with Crippen LogP contribution in [0.3, 0.4) is 0 Å². The molecule has 1 aliphatic heterocycles. The first kappa shape index (κ1) is 22.8. The van der Waals surface area contributed by atoms with Crippen molar-refractivity contribution in [3.8, 4) is 5.75 Å². The molecule has 32 heavy (non-hydrogen) atoms. The number of thiophene rings is 1. The van der Waals surface area contributed by atoms with Crippen LogP contribution >= 0.6 is 11.3 Å². The lowest BCUT2D eigenvalue weighted by Gasteiger charge is -2.37. The Morgan fingerprint density at radius 1 is 1.19 bits per heavy atom. The van der Waals surface area contributed by atoms with Crippen LogP contribution in [0.5, 0.6) is 5.75 Å². The fourth-order valence-corrected chi connectivity index (χ4v) is 5.18.